The number of aromatic nitrogens is 4. The van der Waals surface area contributed by atoms with Gasteiger partial charge in [0, 0.05) is 47.7 Å². The second-order valence-electron chi connectivity index (χ2n) is 16.7. The normalized spacial score (nSPS) is 14.5. The van der Waals surface area contributed by atoms with Gasteiger partial charge in [-0.1, -0.05) is 78.9 Å². The number of allylic oxidation sites excluding steroid dienone is 1. The first kappa shape index (κ1) is 46.4. The van der Waals surface area contributed by atoms with Crippen molar-refractivity contribution in [1.29, 1.82) is 0 Å². The van der Waals surface area contributed by atoms with E-state index in [4.69, 9.17) is 14.7 Å². The van der Waals surface area contributed by atoms with Crippen LogP contribution >= 0.6 is 0 Å². The molecule has 7 rings (SSSR count). The Labute approximate surface area is 385 Å². The average Bonchev–Trinajstić information content (AvgIpc) is 4.10. The molecule has 4 amide bonds. The van der Waals surface area contributed by atoms with Crippen molar-refractivity contribution in [2.24, 2.45) is 0 Å². The minimum absolute atomic E-state index is 0.216. The van der Waals surface area contributed by atoms with E-state index in [-0.39, 0.29) is 23.8 Å². The second-order valence-corrected chi connectivity index (χ2v) is 16.7. The first-order valence-electron chi connectivity index (χ1n) is 22.3. The molecular weight excluding hydrogens is 829 g/mol. The summed E-state index contributed by atoms with van der Waals surface area (Å²) in [5.41, 5.74) is 8.28. The van der Waals surface area contributed by atoms with Gasteiger partial charge in [0.1, 0.15) is 23.7 Å². The molecule has 0 radical (unpaired) electrons. The number of methoxy groups -OCH3 is 1. The number of H-pyrrole nitrogens is 2. The topological polar surface area (TPSA) is 165 Å². The van der Waals surface area contributed by atoms with Crippen LogP contribution in [0.4, 0.5) is 4.79 Å². The standard InChI is InChI=1S/C53H56N8O5/c1-9-16-37-29-40(44-31-54-49(57-44)33(6)60(25-11-3)52(64)47(55-34(7)62)35-18-13-12-14-19-35)30-38(17-10-2)46(37)39-21-23-41-36(28-39)22-24-42-48(41)59-50(56-42)45-20-15-26-61(45)51(63)43(27-32(4)5)58-53(65)66-8/h12-14,18-19,21-24,27-31,33,43,45,47H,11,15,20,25-26H2,1-8H3,(H,54,57)(H,55,62)(H,56,59)(H,58,65)/t33-,43-,45-,47+/m0/s1. The second kappa shape index (κ2) is 20.5. The van der Waals surface area contributed by atoms with Crippen LogP contribution in [0.3, 0.4) is 0 Å². The number of rotatable bonds is 13. The average molecular weight is 885 g/mol. The number of hydrogen-bond acceptors (Lipinski definition) is 7. The maximum atomic E-state index is 14.2. The lowest BCUT2D eigenvalue weighted by Crippen LogP contribution is -2.47. The molecule has 3 heterocycles. The first-order valence-corrected chi connectivity index (χ1v) is 22.3. The van der Waals surface area contributed by atoms with Crippen LogP contribution in [-0.2, 0) is 19.1 Å². The number of aromatic amines is 2. The Morgan fingerprint density at radius 2 is 1.67 bits per heavy atom. The van der Waals surface area contributed by atoms with Gasteiger partial charge in [-0.25, -0.2) is 14.8 Å². The van der Waals surface area contributed by atoms with Crippen molar-refractivity contribution >= 4 is 45.6 Å². The Morgan fingerprint density at radius 3 is 2.32 bits per heavy atom. The van der Waals surface area contributed by atoms with Crippen LogP contribution in [-0.4, -0.2) is 79.8 Å². The van der Waals surface area contributed by atoms with E-state index in [1.54, 1.807) is 22.1 Å². The summed E-state index contributed by atoms with van der Waals surface area (Å²) in [5.74, 6) is 13.5. The van der Waals surface area contributed by atoms with Crippen LogP contribution in [0.25, 0.3) is 44.2 Å². The highest BCUT2D eigenvalue weighted by molar-refractivity contribution is 6.06. The number of fused-ring (bicyclic) bond motifs is 3. The summed E-state index contributed by atoms with van der Waals surface area (Å²) in [5, 5.41) is 7.46. The Kier molecular flexibility index (Phi) is 14.4. The molecule has 1 aliphatic heterocycles. The van der Waals surface area contributed by atoms with Crippen LogP contribution in [0.5, 0.6) is 0 Å². The highest BCUT2D eigenvalue weighted by atomic mass is 16.5. The van der Waals surface area contributed by atoms with Gasteiger partial charge in [0.05, 0.1) is 42.1 Å². The Hall–Kier alpha value is -7.64. The fraction of sp³-hybridized carbons (Fsp3) is 0.321. The highest BCUT2D eigenvalue weighted by Gasteiger charge is 2.36. The molecule has 66 heavy (non-hydrogen) atoms. The lowest BCUT2D eigenvalue weighted by molar-refractivity contribution is -0.138. The van der Waals surface area contributed by atoms with E-state index in [0.717, 1.165) is 73.7 Å². The summed E-state index contributed by atoms with van der Waals surface area (Å²) in [4.78, 5) is 72.9. The van der Waals surface area contributed by atoms with Gasteiger partial charge < -0.3 is 35.1 Å². The van der Waals surface area contributed by atoms with Crippen molar-refractivity contribution in [2.75, 3.05) is 20.2 Å². The number of ether oxygens (including phenoxy) is 1. The number of benzene rings is 4. The molecule has 1 aliphatic rings. The first-order chi connectivity index (χ1) is 31.8. The molecule has 0 unspecified atom stereocenters. The van der Waals surface area contributed by atoms with Crippen molar-refractivity contribution < 1.29 is 23.9 Å². The van der Waals surface area contributed by atoms with Crippen molar-refractivity contribution in [3.05, 3.63) is 119 Å². The van der Waals surface area contributed by atoms with Gasteiger partial charge >= 0.3 is 6.09 Å². The van der Waals surface area contributed by atoms with Gasteiger partial charge in [0.25, 0.3) is 0 Å². The van der Waals surface area contributed by atoms with E-state index >= 15 is 0 Å². The number of likely N-dealkylation sites (tertiary alicyclic amines) is 1. The number of carbonyl (C=O) groups is 4. The van der Waals surface area contributed by atoms with Crippen LogP contribution in [0.2, 0.25) is 0 Å². The van der Waals surface area contributed by atoms with Crippen LogP contribution in [0, 0.1) is 23.7 Å². The molecule has 0 spiro atoms. The number of amides is 4. The largest absolute Gasteiger partial charge is 0.453 e. The molecule has 0 bridgehead atoms. The van der Waals surface area contributed by atoms with Gasteiger partial charge in [-0.05, 0) is 94.7 Å². The molecule has 6 aromatic rings. The zero-order valence-electron chi connectivity index (χ0n) is 38.8. The van der Waals surface area contributed by atoms with Gasteiger partial charge in [-0.15, -0.1) is 11.8 Å². The SMILES string of the molecule is CC#Cc1cc(-c2cnc([C@H](C)N(CCC)C(=O)[C@H](NC(C)=O)c3ccccc3)[nH]2)cc(C#CC)c1-c1ccc2c(ccc3[nH]c([C@@H]4CCCN4C(=O)[C@H](C=C(C)C)NC(=O)OC)nc32)c1. The number of hydrogen-bond donors (Lipinski definition) is 4. The lowest BCUT2D eigenvalue weighted by Gasteiger charge is -2.31. The Bertz CT molecular complexity index is 2920. The maximum Gasteiger partial charge on any atom is 0.407 e. The van der Waals surface area contributed by atoms with Crippen molar-refractivity contribution in [2.45, 2.75) is 91.9 Å². The summed E-state index contributed by atoms with van der Waals surface area (Å²) in [6.45, 7) is 13.8. The molecule has 4 N–H and O–H groups in total. The molecule has 338 valence electrons. The predicted octanol–water partition coefficient (Wildman–Crippen LogP) is 9.05. The van der Waals surface area contributed by atoms with Crippen LogP contribution in [0.15, 0.2) is 90.6 Å². The molecular formula is C53H56N8O5. The third-order valence-electron chi connectivity index (χ3n) is 11.8. The molecule has 4 aromatic carbocycles. The van der Waals surface area contributed by atoms with E-state index in [1.165, 1.54) is 14.0 Å². The minimum Gasteiger partial charge on any atom is -0.453 e. The predicted molar refractivity (Wildman–Crippen MR) is 258 cm³/mol. The molecule has 4 atom stereocenters. The van der Waals surface area contributed by atoms with Crippen molar-refractivity contribution in [1.82, 2.24) is 40.4 Å². The summed E-state index contributed by atoms with van der Waals surface area (Å²) in [7, 11) is 1.28. The third-order valence-corrected chi connectivity index (χ3v) is 11.8. The van der Waals surface area contributed by atoms with Gasteiger partial charge in [0.2, 0.25) is 17.7 Å². The van der Waals surface area contributed by atoms with Crippen molar-refractivity contribution in [3.8, 4) is 46.1 Å². The number of carbonyl (C=O) groups excluding carboxylic acids is 4. The number of nitrogens with one attached hydrogen (secondary N) is 4. The minimum atomic E-state index is -0.860. The van der Waals surface area contributed by atoms with Crippen LogP contribution in [0.1, 0.15) is 114 Å². The quantitative estimate of drug-likeness (QED) is 0.0664. The fourth-order valence-electron chi connectivity index (χ4n) is 8.78. The molecule has 2 aromatic heterocycles. The number of imidazole rings is 2. The fourth-order valence-corrected chi connectivity index (χ4v) is 8.78. The smallest absolute Gasteiger partial charge is 0.407 e. The number of alkyl carbamates (subject to hydrolysis) is 1. The molecule has 13 heteroatoms. The van der Waals surface area contributed by atoms with Gasteiger partial charge in [-0.3, -0.25) is 14.4 Å². The third kappa shape index (κ3) is 9.86. The zero-order chi connectivity index (χ0) is 47.1. The maximum absolute atomic E-state index is 14.2. The molecule has 1 saturated heterocycles. The molecule has 1 fully saturated rings. The Morgan fingerprint density at radius 1 is 0.939 bits per heavy atom. The Balaban J connectivity index is 1.20. The van der Waals surface area contributed by atoms with E-state index in [9.17, 15) is 19.2 Å². The summed E-state index contributed by atoms with van der Waals surface area (Å²) in [6.07, 6.45) is 5.09. The van der Waals surface area contributed by atoms with Gasteiger partial charge in [-0.2, -0.15) is 0 Å². The summed E-state index contributed by atoms with van der Waals surface area (Å²) in [6, 6.07) is 21.3. The molecule has 0 aliphatic carbocycles. The number of nitrogens with zero attached hydrogens (tertiary/aromatic N) is 4. The van der Waals surface area contributed by atoms with E-state index in [1.807, 2.05) is 90.1 Å². The van der Waals surface area contributed by atoms with E-state index in [2.05, 4.69) is 68.5 Å². The van der Waals surface area contributed by atoms with Crippen molar-refractivity contribution in [3.63, 3.8) is 0 Å². The molecule has 0 saturated carbocycles. The monoisotopic (exact) mass is 884 g/mol. The zero-order valence-corrected chi connectivity index (χ0v) is 38.8. The highest BCUT2D eigenvalue weighted by Crippen LogP contribution is 2.38. The summed E-state index contributed by atoms with van der Waals surface area (Å²) < 4.78 is 4.81. The van der Waals surface area contributed by atoms with E-state index in [0.29, 0.717) is 36.7 Å². The lowest BCUT2D eigenvalue weighted by atomic mass is 9.90. The van der Waals surface area contributed by atoms with Crippen LogP contribution < -0.4 is 10.6 Å². The molecule has 13 nitrogen and oxygen atoms in total. The summed E-state index contributed by atoms with van der Waals surface area (Å²) >= 11 is 0. The van der Waals surface area contributed by atoms with E-state index < -0.39 is 24.2 Å². The van der Waals surface area contributed by atoms with Gasteiger partial charge in [0.15, 0.2) is 0 Å².